The zero-order chi connectivity index (χ0) is 12.3. The molecule has 0 bridgehead atoms. The Morgan fingerprint density at radius 3 is 2.07 bits per heavy atom. The third-order valence-corrected chi connectivity index (χ3v) is 3.46. The van der Waals surface area contributed by atoms with Crippen molar-refractivity contribution in [2.75, 3.05) is 6.54 Å². The summed E-state index contributed by atoms with van der Waals surface area (Å²) in [6, 6.07) is 0. The second-order valence-electron chi connectivity index (χ2n) is 5.72. The maximum Gasteiger partial charge on any atom is 0.407 e. The molecule has 90 valence electrons. The molecule has 0 aromatic heterocycles. The molecular formula is C11H22BrNO2. The van der Waals surface area contributed by atoms with Crippen molar-refractivity contribution < 1.29 is 9.53 Å². The van der Waals surface area contributed by atoms with Crippen LogP contribution in [0.4, 0.5) is 4.79 Å². The van der Waals surface area contributed by atoms with Crippen molar-refractivity contribution in [2.24, 2.45) is 5.41 Å². The van der Waals surface area contributed by atoms with E-state index in [1.165, 1.54) is 0 Å². The number of alkyl carbamates (subject to hydrolysis) is 1. The standard InChI is InChI=1S/C11H22BrNO2/c1-10(2,3)8(12)7-13-9(14)15-11(4,5)6/h8H,7H2,1-6H3,(H,13,14). The number of rotatable bonds is 2. The van der Waals surface area contributed by atoms with E-state index >= 15 is 0 Å². The maximum absolute atomic E-state index is 11.3. The lowest BCUT2D eigenvalue weighted by molar-refractivity contribution is 0.0524. The van der Waals surface area contributed by atoms with E-state index in [2.05, 4.69) is 42.0 Å². The highest BCUT2D eigenvalue weighted by Gasteiger charge is 2.23. The minimum atomic E-state index is -0.437. The van der Waals surface area contributed by atoms with Crippen molar-refractivity contribution in [2.45, 2.75) is 52.0 Å². The number of ether oxygens (including phenoxy) is 1. The summed E-state index contributed by atoms with van der Waals surface area (Å²) in [6.07, 6.45) is -0.365. The molecule has 1 atom stereocenters. The smallest absolute Gasteiger partial charge is 0.407 e. The van der Waals surface area contributed by atoms with Crippen LogP contribution in [0.25, 0.3) is 0 Å². The van der Waals surface area contributed by atoms with Gasteiger partial charge < -0.3 is 10.1 Å². The Kier molecular flexibility index (Phi) is 5.10. The quantitative estimate of drug-likeness (QED) is 0.788. The van der Waals surface area contributed by atoms with E-state index in [1.54, 1.807) is 0 Å². The number of carbonyl (C=O) groups is 1. The van der Waals surface area contributed by atoms with Crippen LogP contribution in [0.5, 0.6) is 0 Å². The first-order chi connectivity index (χ1) is 6.52. The van der Waals surface area contributed by atoms with Gasteiger partial charge in [-0.05, 0) is 26.2 Å². The molecule has 0 aliphatic heterocycles. The van der Waals surface area contributed by atoms with Gasteiger partial charge in [-0.15, -0.1) is 0 Å². The molecule has 0 fully saturated rings. The molecule has 0 aliphatic carbocycles. The number of alkyl halides is 1. The lowest BCUT2D eigenvalue weighted by atomic mass is 9.92. The monoisotopic (exact) mass is 279 g/mol. The van der Waals surface area contributed by atoms with Crippen LogP contribution in [-0.4, -0.2) is 23.1 Å². The maximum atomic E-state index is 11.3. The zero-order valence-corrected chi connectivity index (χ0v) is 12.1. The van der Waals surface area contributed by atoms with Crippen LogP contribution in [0.3, 0.4) is 0 Å². The van der Waals surface area contributed by atoms with Gasteiger partial charge >= 0.3 is 6.09 Å². The Morgan fingerprint density at radius 1 is 1.27 bits per heavy atom. The van der Waals surface area contributed by atoms with E-state index in [-0.39, 0.29) is 16.3 Å². The van der Waals surface area contributed by atoms with Crippen LogP contribution in [0, 0.1) is 5.41 Å². The molecule has 15 heavy (non-hydrogen) atoms. The third-order valence-electron chi connectivity index (χ3n) is 1.76. The predicted octanol–water partition coefficient (Wildman–Crippen LogP) is 3.32. The van der Waals surface area contributed by atoms with Gasteiger partial charge in [-0.2, -0.15) is 0 Å². The van der Waals surface area contributed by atoms with Crippen molar-refractivity contribution in [1.82, 2.24) is 5.32 Å². The number of carbonyl (C=O) groups excluding carboxylic acids is 1. The first-order valence-electron chi connectivity index (χ1n) is 5.13. The predicted molar refractivity (Wildman–Crippen MR) is 66.4 cm³/mol. The van der Waals surface area contributed by atoms with Crippen LogP contribution >= 0.6 is 15.9 Å². The molecule has 0 aromatic carbocycles. The lowest BCUT2D eigenvalue weighted by Crippen LogP contribution is -2.38. The van der Waals surface area contributed by atoms with Crippen molar-refractivity contribution in [3.8, 4) is 0 Å². The first kappa shape index (κ1) is 14.8. The molecule has 0 saturated carbocycles. The Hall–Kier alpha value is -0.250. The summed E-state index contributed by atoms with van der Waals surface area (Å²) in [6.45, 7) is 12.5. The molecule has 0 aliphatic rings. The van der Waals surface area contributed by atoms with Gasteiger partial charge in [-0.1, -0.05) is 36.7 Å². The molecule has 3 nitrogen and oxygen atoms in total. The minimum Gasteiger partial charge on any atom is -0.444 e. The van der Waals surface area contributed by atoms with Crippen LogP contribution in [-0.2, 0) is 4.74 Å². The van der Waals surface area contributed by atoms with Crippen molar-refractivity contribution in [1.29, 1.82) is 0 Å². The molecule has 1 amide bonds. The van der Waals surface area contributed by atoms with Gasteiger partial charge in [-0.25, -0.2) is 4.79 Å². The molecule has 4 heteroatoms. The van der Waals surface area contributed by atoms with Gasteiger partial charge in [-0.3, -0.25) is 0 Å². The number of hydrogen-bond acceptors (Lipinski definition) is 2. The largest absolute Gasteiger partial charge is 0.444 e. The van der Waals surface area contributed by atoms with E-state index in [9.17, 15) is 4.79 Å². The fraction of sp³-hybridized carbons (Fsp3) is 0.909. The van der Waals surface area contributed by atoms with E-state index in [4.69, 9.17) is 4.74 Å². The van der Waals surface area contributed by atoms with Crippen LogP contribution < -0.4 is 5.32 Å². The Bertz CT molecular complexity index is 216. The summed E-state index contributed by atoms with van der Waals surface area (Å²) in [7, 11) is 0. The minimum absolute atomic E-state index is 0.120. The first-order valence-corrected chi connectivity index (χ1v) is 6.05. The fourth-order valence-corrected chi connectivity index (χ4v) is 0.955. The fourth-order valence-electron chi connectivity index (χ4n) is 0.793. The number of nitrogens with one attached hydrogen (secondary N) is 1. The number of hydrogen-bond donors (Lipinski definition) is 1. The van der Waals surface area contributed by atoms with Crippen LogP contribution in [0.2, 0.25) is 0 Å². The topological polar surface area (TPSA) is 38.3 Å². The van der Waals surface area contributed by atoms with Crippen molar-refractivity contribution in [3.05, 3.63) is 0 Å². The molecular weight excluding hydrogens is 258 g/mol. The summed E-state index contributed by atoms with van der Waals surface area (Å²) < 4.78 is 5.13. The summed E-state index contributed by atoms with van der Waals surface area (Å²) >= 11 is 3.54. The SMILES string of the molecule is CC(C)(C)OC(=O)NCC(Br)C(C)(C)C. The van der Waals surface area contributed by atoms with Crippen LogP contribution in [0.1, 0.15) is 41.5 Å². The molecule has 0 rings (SSSR count). The lowest BCUT2D eigenvalue weighted by Gasteiger charge is -2.26. The van der Waals surface area contributed by atoms with Gasteiger partial charge in [0.15, 0.2) is 0 Å². The molecule has 0 saturated heterocycles. The second kappa shape index (κ2) is 5.19. The number of amides is 1. The van der Waals surface area contributed by atoms with E-state index in [0.29, 0.717) is 6.54 Å². The average molecular weight is 280 g/mol. The van der Waals surface area contributed by atoms with E-state index < -0.39 is 5.60 Å². The molecule has 0 heterocycles. The normalized spacial score (nSPS) is 14.6. The van der Waals surface area contributed by atoms with Crippen molar-refractivity contribution >= 4 is 22.0 Å². The third kappa shape index (κ3) is 7.65. The highest BCUT2D eigenvalue weighted by atomic mass is 79.9. The average Bonchev–Trinajstić information content (AvgIpc) is 1.94. The molecule has 1 unspecified atom stereocenters. The van der Waals surface area contributed by atoms with E-state index in [1.807, 2.05) is 20.8 Å². The van der Waals surface area contributed by atoms with Gasteiger partial charge in [0.05, 0.1) is 0 Å². The molecule has 0 radical (unpaired) electrons. The number of halogens is 1. The highest BCUT2D eigenvalue weighted by molar-refractivity contribution is 9.09. The molecule has 1 N–H and O–H groups in total. The zero-order valence-electron chi connectivity index (χ0n) is 10.5. The molecule has 0 aromatic rings. The Balaban J connectivity index is 3.92. The Morgan fingerprint density at radius 2 is 1.73 bits per heavy atom. The van der Waals surface area contributed by atoms with E-state index in [0.717, 1.165) is 0 Å². The van der Waals surface area contributed by atoms with Crippen molar-refractivity contribution in [3.63, 3.8) is 0 Å². The van der Waals surface area contributed by atoms with Gasteiger partial charge in [0.2, 0.25) is 0 Å². The Labute approximate surface area is 101 Å². The molecule has 0 spiro atoms. The summed E-state index contributed by atoms with van der Waals surface area (Å²) in [5.41, 5.74) is -0.317. The summed E-state index contributed by atoms with van der Waals surface area (Å²) in [5.74, 6) is 0. The second-order valence-corrected chi connectivity index (χ2v) is 6.82. The van der Waals surface area contributed by atoms with Crippen LogP contribution in [0.15, 0.2) is 0 Å². The summed E-state index contributed by atoms with van der Waals surface area (Å²) in [4.78, 5) is 11.6. The highest BCUT2D eigenvalue weighted by Crippen LogP contribution is 2.25. The van der Waals surface area contributed by atoms with Gasteiger partial charge in [0, 0.05) is 11.4 Å². The van der Waals surface area contributed by atoms with Gasteiger partial charge in [0.1, 0.15) is 5.60 Å². The van der Waals surface area contributed by atoms with Gasteiger partial charge in [0.25, 0.3) is 0 Å². The summed E-state index contributed by atoms with van der Waals surface area (Å²) in [5, 5.41) is 2.74.